The van der Waals surface area contributed by atoms with Crippen molar-refractivity contribution in [3.05, 3.63) is 101 Å². The third kappa shape index (κ3) is 5.87. The van der Waals surface area contributed by atoms with Crippen molar-refractivity contribution in [3.8, 4) is 5.75 Å². The van der Waals surface area contributed by atoms with Gasteiger partial charge in [0.15, 0.2) is 0 Å². The molecule has 3 N–H and O–H groups in total. The van der Waals surface area contributed by atoms with Crippen molar-refractivity contribution in [2.75, 3.05) is 7.05 Å². The number of amides is 1. The number of aromatic carboxylic acids is 1. The van der Waals surface area contributed by atoms with E-state index in [2.05, 4.69) is 5.32 Å². The monoisotopic (exact) mass is 496 g/mol. The number of carbonyl (C=O) groups excluding carboxylic acids is 1. The third-order valence-electron chi connectivity index (χ3n) is 6.28. The molecule has 3 aromatic rings. The molecule has 1 aliphatic rings. The summed E-state index contributed by atoms with van der Waals surface area (Å²) >= 11 is 0. The van der Waals surface area contributed by atoms with Gasteiger partial charge in [0.1, 0.15) is 29.6 Å². The van der Waals surface area contributed by atoms with Crippen molar-refractivity contribution >= 4 is 11.9 Å². The Balaban J connectivity index is 1.54. The molecular formula is C27H26F2N2O5. The fourth-order valence-electron chi connectivity index (χ4n) is 4.53. The Kier molecular flexibility index (Phi) is 7.61. The van der Waals surface area contributed by atoms with Crippen LogP contribution in [0.15, 0.2) is 72.8 Å². The highest BCUT2D eigenvalue weighted by atomic mass is 19.1. The second kappa shape index (κ2) is 10.8. The van der Waals surface area contributed by atoms with Crippen molar-refractivity contribution in [2.24, 2.45) is 0 Å². The van der Waals surface area contributed by atoms with Crippen LogP contribution in [-0.2, 0) is 6.54 Å². The quantitative estimate of drug-likeness (QED) is 0.442. The number of halogens is 2. The van der Waals surface area contributed by atoms with E-state index in [-0.39, 0.29) is 29.1 Å². The van der Waals surface area contributed by atoms with E-state index in [1.165, 1.54) is 54.6 Å². The van der Waals surface area contributed by atoms with Gasteiger partial charge >= 0.3 is 5.97 Å². The van der Waals surface area contributed by atoms with Crippen LogP contribution in [0, 0.1) is 11.6 Å². The molecular weight excluding hydrogens is 470 g/mol. The van der Waals surface area contributed by atoms with Crippen LogP contribution in [0.2, 0.25) is 0 Å². The van der Waals surface area contributed by atoms with Crippen LogP contribution in [0.25, 0.3) is 0 Å². The minimum atomic E-state index is -1.10. The van der Waals surface area contributed by atoms with Gasteiger partial charge in [0.2, 0.25) is 0 Å². The summed E-state index contributed by atoms with van der Waals surface area (Å²) in [5.41, 5.74) is 1.14. The first-order chi connectivity index (χ1) is 17.2. The van der Waals surface area contributed by atoms with Gasteiger partial charge in [-0.3, -0.25) is 9.69 Å². The number of hydrogen-bond acceptors (Lipinski definition) is 5. The second-order valence-electron chi connectivity index (χ2n) is 8.83. The van der Waals surface area contributed by atoms with Crippen LogP contribution in [0.5, 0.6) is 5.75 Å². The number of aliphatic hydroxyl groups is 1. The Morgan fingerprint density at radius 1 is 1.00 bits per heavy atom. The maximum Gasteiger partial charge on any atom is 0.335 e. The molecule has 4 atom stereocenters. The molecule has 4 rings (SSSR count). The normalized spacial score (nSPS) is 21.4. The maximum absolute atomic E-state index is 13.7. The molecule has 1 amide bonds. The molecule has 0 aliphatic heterocycles. The van der Waals surface area contributed by atoms with E-state index in [1.807, 2.05) is 4.90 Å². The molecule has 7 nitrogen and oxygen atoms in total. The molecule has 1 fully saturated rings. The summed E-state index contributed by atoms with van der Waals surface area (Å²) in [4.78, 5) is 25.9. The number of hydrogen-bond donors (Lipinski definition) is 3. The number of nitrogens with one attached hydrogen (secondary N) is 1. The zero-order chi connectivity index (χ0) is 25.8. The number of aliphatic hydroxyl groups excluding tert-OH is 1. The fraction of sp³-hybridized carbons (Fsp3) is 0.259. The van der Waals surface area contributed by atoms with Gasteiger partial charge in [-0.2, -0.15) is 0 Å². The molecule has 0 radical (unpaired) electrons. The van der Waals surface area contributed by atoms with Crippen LogP contribution >= 0.6 is 0 Å². The predicted molar refractivity (Wildman–Crippen MR) is 128 cm³/mol. The van der Waals surface area contributed by atoms with Crippen molar-refractivity contribution in [1.29, 1.82) is 0 Å². The minimum absolute atomic E-state index is 0.0586. The van der Waals surface area contributed by atoms with Crippen LogP contribution in [-0.4, -0.2) is 58.3 Å². The molecule has 0 spiro atoms. The van der Waals surface area contributed by atoms with Gasteiger partial charge in [0.25, 0.3) is 5.91 Å². The number of ether oxygens (including phenoxy) is 1. The summed E-state index contributed by atoms with van der Waals surface area (Å²) in [6.07, 6.45) is -1.51. The molecule has 0 aromatic heterocycles. The lowest BCUT2D eigenvalue weighted by molar-refractivity contribution is 0.0124. The predicted octanol–water partition coefficient (Wildman–Crippen LogP) is 3.47. The van der Waals surface area contributed by atoms with Gasteiger partial charge in [0.05, 0.1) is 17.6 Å². The van der Waals surface area contributed by atoms with E-state index in [4.69, 9.17) is 9.84 Å². The summed E-state index contributed by atoms with van der Waals surface area (Å²) in [6.45, 7) is 0.369. The average molecular weight is 497 g/mol. The summed E-state index contributed by atoms with van der Waals surface area (Å²) in [5, 5.41) is 23.2. The summed E-state index contributed by atoms with van der Waals surface area (Å²) in [7, 11) is 1.78. The lowest BCUT2D eigenvalue weighted by Crippen LogP contribution is -2.51. The van der Waals surface area contributed by atoms with Gasteiger partial charge in [-0.1, -0.05) is 18.2 Å². The van der Waals surface area contributed by atoms with E-state index >= 15 is 0 Å². The number of carbonyl (C=O) groups is 2. The molecule has 36 heavy (non-hydrogen) atoms. The van der Waals surface area contributed by atoms with Gasteiger partial charge in [0, 0.05) is 24.6 Å². The van der Waals surface area contributed by atoms with Crippen molar-refractivity contribution in [1.82, 2.24) is 10.2 Å². The molecule has 188 valence electrons. The number of carboxylic acids is 1. The number of benzene rings is 3. The standard InChI is InChI=1S/C27H26F2N2O5/c1-31(15-16-5-11-19(28)12-6-16)24-22(30-26(33)17-7-9-18(10-8-17)27(34)35)14-23(25(24)32)36-21-4-2-3-20(29)13-21/h2-13,22-25,32H,14-15H2,1H3,(H,30,33)(H,34,35)/t22-,23-,24+,25+/m1/s1. The number of carboxylic acid groups (broad SMARTS) is 1. The molecule has 0 saturated heterocycles. The SMILES string of the molecule is CN(Cc1ccc(F)cc1)[C@@H]1[C@@H](O)[C@H](Oc2cccc(F)c2)C[C@H]1NC(=O)c1ccc(C(=O)O)cc1. The molecule has 0 unspecified atom stereocenters. The molecule has 9 heteroatoms. The van der Waals surface area contributed by atoms with Crippen LogP contribution < -0.4 is 10.1 Å². The fourth-order valence-corrected chi connectivity index (χ4v) is 4.53. The number of rotatable bonds is 8. The van der Waals surface area contributed by atoms with Crippen LogP contribution in [0.3, 0.4) is 0 Å². The van der Waals surface area contributed by atoms with Gasteiger partial charge < -0.3 is 20.3 Å². The Labute approximate surface area is 206 Å². The third-order valence-corrected chi connectivity index (χ3v) is 6.28. The smallest absolute Gasteiger partial charge is 0.335 e. The van der Waals surface area contributed by atoms with Gasteiger partial charge in [-0.15, -0.1) is 0 Å². The average Bonchev–Trinajstić information content (AvgIpc) is 3.14. The molecule has 1 aliphatic carbocycles. The van der Waals surface area contributed by atoms with Crippen molar-refractivity contribution < 1.29 is 33.3 Å². The Hall–Kier alpha value is -3.82. The Bertz CT molecular complexity index is 1220. The van der Waals surface area contributed by atoms with Crippen molar-refractivity contribution in [2.45, 2.75) is 37.3 Å². The van der Waals surface area contributed by atoms with Crippen LogP contribution in [0.4, 0.5) is 8.78 Å². The topological polar surface area (TPSA) is 99.1 Å². The maximum atomic E-state index is 13.7. The lowest BCUT2D eigenvalue weighted by atomic mass is 10.1. The van der Waals surface area contributed by atoms with Crippen LogP contribution in [0.1, 0.15) is 32.7 Å². The first-order valence-electron chi connectivity index (χ1n) is 11.4. The largest absolute Gasteiger partial charge is 0.487 e. The molecule has 1 saturated carbocycles. The zero-order valence-electron chi connectivity index (χ0n) is 19.5. The van der Waals surface area contributed by atoms with Crippen molar-refractivity contribution in [3.63, 3.8) is 0 Å². The van der Waals surface area contributed by atoms with E-state index in [1.54, 1.807) is 25.2 Å². The van der Waals surface area contributed by atoms with E-state index in [9.17, 15) is 23.5 Å². The summed E-state index contributed by atoms with van der Waals surface area (Å²) in [6, 6.07) is 16.0. The summed E-state index contributed by atoms with van der Waals surface area (Å²) in [5.74, 6) is -2.10. The van der Waals surface area contributed by atoms with E-state index < -0.39 is 42.0 Å². The number of likely N-dealkylation sites (N-methyl/N-ethyl adjacent to an activating group) is 1. The Morgan fingerprint density at radius 3 is 2.31 bits per heavy atom. The second-order valence-corrected chi connectivity index (χ2v) is 8.83. The highest BCUT2D eigenvalue weighted by Crippen LogP contribution is 2.30. The first kappa shape index (κ1) is 25.3. The van der Waals surface area contributed by atoms with Gasteiger partial charge in [-0.05, 0) is 61.1 Å². The first-order valence-corrected chi connectivity index (χ1v) is 11.4. The highest BCUT2D eigenvalue weighted by molar-refractivity contribution is 5.96. The molecule has 0 bridgehead atoms. The molecule has 0 heterocycles. The minimum Gasteiger partial charge on any atom is -0.487 e. The zero-order valence-corrected chi connectivity index (χ0v) is 19.5. The Morgan fingerprint density at radius 2 is 1.67 bits per heavy atom. The number of nitrogens with zero attached hydrogens (tertiary/aromatic N) is 1. The van der Waals surface area contributed by atoms with Gasteiger partial charge in [-0.25, -0.2) is 13.6 Å². The molecule has 3 aromatic carbocycles. The summed E-state index contributed by atoms with van der Waals surface area (Å²) < 4.78 is 32.9. The van der Waals surface area contributed by atoms with E-state index in [0.717, 1.165) is 5.56 Å². The van der Waals surface area contributed by atoms with E-state index in [0.29, 0.717) is 6.54 Å². The highest BCUT2D eigenvalue weighted by Gasteiger charge is 2.46. The lowest BCUT2D eigenvalue weighted by Gasteiger charge is -2.32.